The van der Waals surface area contributed by atoms with Gasteiger partial charge in [0.15, 0.2) is 23.6 Å². The summed E-state index contributed by atoms with van der Waals surface area (Å²) in [5.41, 5.74) is -4.59. The minimum atomic E-state index is -4.15. The fourth-order valence-corrected chi connectivity index (χ4v) is 6.32. The lowest BCUT2D eigenvalue weighted by molar-refractivity contribution is -0.172. The summed E-state index contributed by atoms with van der Waals surface area (Å²) in [5, 5.41) is 18.7. The number of carbonyl (C=O) groups excluding carboxylic acids is 2. The largest absolute Gasteiger partial charge is 0.455 e. The van der Waals surface area contributed by atoms with Crippen molar-refractivity contribution in [2.45, 2.75) is 40.7 Å². The molecule has 1 saturated carbocycles. The van der Waals surface area contributed by atoms with Crippen molar-refractivity contribution < 1.29 is 46.6 Å². The number of aliphatic hydroxyl groups excluding tert-OH is 1. The van der Waals surface area contributed by atoms with Crippen molar-refractivity contribution in [2.24, 2.45) is 0 Å². The van der Waals surface area contributed by atoms with E-state index in [2.05, 4.69) is 11.3 Å². The predicted molar refractivity (Wildman–Crippen MR) is 71.8 cm³/mol. The average Bonchev–Trinajstić information content (AvgIpc) is 2.85. The second-order valence-corrected chi connectivity index (χ2v) is 8.02. The number of rotatable bonds is 5. The molecule has 3 saturated heterocycles. The van der Waals surface area contributed by atoms with Gasteiger partial charge in [0, 0.05) is 12.5 Å². The van der Waals surface area contributed by atoms with E-state index in [1.54, 1.807) is 0 Å². The number of ether oxygens (including phenoxy) is 3. The lowest BCUT2D eigenvalue weighted by atomic mass is 9.84. The van der Waals surface area contributed by atoms with Crippen LogP contribution in [0.2, 0.25) is 0 Å². The highest BCUT2D eigenvalue weighted by atomic mass is 32.2. The quantitative estimate of drug-likeness (QED) is 0.302. The molecular formula is C13H14O10S. The smallest absolute Gasteiger partial charge is 0.344 e. The molecule has 10 nitrogen and oxygen atoms in total. The van der Waals surface area contributed by atoms with E-state index < -0.39 is 69.5 Å². The lowest BCUT2D eigenvalue weighted by Crippen LogP contribution is -2.57. The van der Waals surface area contributed by atoms with Crippen molar-refractivity contribution in [3.05, 3.63) is 12.7 Å². The van der Waals surface area contributed by atoms with E-state index >= 15 is 0 Å². The molecule has 24 heavy (non-hydrogen) atoms. The third-order valence-electron chi connectivity index (χ3n) is 5.14. The molecule has 2 N–H and O–H groups in total. The molecule has 2 bridgehead atoms. The number of carbonyl (C=O) groups is 2. The van der Waals surface area contributed by atoms with Crippen molar-refractivity contribution in [3.8, 4) is 0 Å². The van der Waals surface area contributed by atoms with Crippen LogP contribution in [0.15, 0.2) is 12.7 Å². The van der Waals surface area contributed by atoms with E-state index in [0.29, 0.717) is 0 Å². The third kappa shape index (κ3) is 1.56. The van der Waals surface area contributed by atoms with Gasteiger partial charge >= 0.3 is 11.9 Å². The predicted octanol–water partition coefficient (Wildman–Crippen LogP) is -2.63. The SMILES string of the molecule is C=CC(=O)OCC(=O)OC1C2C34OC1(CO)CC3(O)C4OS2(=O)=O. The van der Waals surface area contributed by atoms with Crippen LogP contribution < -0.4 is 0 Å². The van der Waals surface area contributed by atoms with Gasteiger partial charge in [-0.15, -0.1) is 0 Å². The van der Waals surface area contributed by atoms with Gasteiger partial charge < -0.3 is 24.4 Å². The maximum Gasteiger partial charge on any atom is 0.344 e. The molecule has 0 aromatic carbocycles. The number of hydrogen-bond donors (Lipinski definition) is 2. The van der Waals surface area contributed by atoms with Crippen LogP contribution in [-0.4, -0.2) is 78.0 Å². The third-order valence-corrected chi connectivity index (χ3v) is 6.82. The van der Waals surface area contributed by atoms with Gasteiger partial charge in [-0.2, -0.15) is 8.42 Å². The van der Waals surface area contributed by atoms with E-state index in [4.69, 9.17) is 13.7 Å². The van der Waals surface area contributed by atoms with Crippen LogP contribution in [-0.2, 0) is 38.1 Å². The summed E-state index contributed by atoms with van der Waals surface area (Å²) in [6.07, 6.45) is -1.72. The summed E-state index contributed by atoms with van der Waals surface area (Å²) in [6, 6.07) is 0. The Kier molecular flexibility index (Phi) is 2.89. The van der Waals surface area contributed by atoms with Crippen LogP contribution in [0.1, 0.15) is 6.42 Å². The number of hydrogen-bond acceptors (Lipinski definition) is 10. The molecule has 6 atom stereocenters. The average molecular weight is 362 g/mol. The van der Waals surface area contributed by atoms with Crippen molar-refractivity contribution in [1.29, 1.82) is 0 Å². The molecule has 0 amide bonds. The first kappa shape index (κ1) is 16.0. The van der Waals surface area contributed by atoms with E-state index in [-0.39, 0.29) is 6.42 Å². The molecule has 11 heteroatoms. The standard InChI is InChI=1S/C13H14O10S/c1-2-6(15)20-3-7(16)21-8-9-13-10(22-24(9,18)19)12(13,17)4-11(8,5-14)23-13/h2,8-10,14,17H,1,3-5H2. The van der Waals surface area contributed by atoms with Crippen LogP contribution in [0, 0.1) is 0 Å². The number of esters is 2. The van der Waals surface area contributed by atoms with Crippen LogP contribution >= 0.6 is 0 Å². The lowest BCUT2D eigenvalue weighted by Gasteiger charge is -2.36. The molecule has 4 fully saturated rings. The summed E-state index contributed by atoms with van der Waals surface area (Å²) < 4.78 is 44.5. The van der Waals surface area contributed by atoms with Crippen molar-refractivity contribution in [3.63, 3.8) is 0 Å². The van der Waals surface area contributed by atoms with Crippen LogP contribution in [0.5, 0.6) is 0 Å². The Bertz CT molecular complexity index is 761. The Morgan fingerprint density at radius 2 is 2.12 bits per heavy atom. The fraction of sp³-hybridized carbons (Fsp3) is 0.692. The van der Waals surface area contributed by atoms with Crippen molar-refractivity contribution in [1.82, 2.24) is 0 Å². The monoisotopic (exact) mass is 362 g/mol. The van der Waals surface area contributed by atoms with Gasteiger partial charge in [0.05, 0.1) is 6.61 Å². The minimum absolute atomic E-state index is 0.127. The van der Waals surface area contributed by atoms with Crippen LogP contribution in [0.4, 0.5) is 0 Å². The second kappa shape index (κ2) is 4.35. The number of fused-ring (bicyclic) bond motifs is 2. The molecule has 0 aromatic heterocycles. The Morgan fingerprint density at radius 3 is 2.75 bits per heavy atom. The first-order chi connectivity index (χ1) is 11.2. The van der Waals surface area contributed by atoms with E-state index in [1.807, 2.05) is 0 Å². The number of aliphatic hydroxyl groups is 2. The molecule has 3 heterocycles. The topological polar surface area (TPSA) is 146 Å². The van der Waals surface area contributed by atoms with Gasteiger partial charge in [0.25, 0.3) is 10.1 Å². The van der Waals surface area contributed by atoms with Crippen molar-refractivity contribution >= 4 is 22.1 Å². The molecule has 6 unspecified atom stereocenters. The van der Waals surface area contributed by atoms with Gasteiger partial charge in [-0.1, -0.05) is 6.58 Å². The highest BCUT2D eigenvalue weighted by molar-refractivity contribution is 7.87. The van der Waals surface area contributed by atoms with Gasteiger partial charge in [-0.25, -0.2) is 9.59 Å². The van der Waals surface area contributed by atoms with Gasteiger partial charge in [-0.05, 0) is 0 Å². The highest BCUT2D eigenvalue weighted by Gasteiger charge is 3.01. The zero-order chi connectivity index (χ0) is 17.5. The normalized spacial score (nSPS) is 48.7. The van der Waals surface area contributed by atoms with Crippen LogP contribution in [0.3, 0.4) is 0 Å². The minimum Gasteiger partial charge on any atom is -0.455 e. The summed E-state index contributed by atoms with van der Waals surface area (Å²) in [4.78, 5) is 22.8. The zero-order valence-corrected chi connectivity index (χ0v) is 13.0. The Hall–Kier alpha value is -1.53. The Balaban J connectivity index is 1.60. The molecule has 3 aliphatic heterocycles. The molecule has 4 rings (SSSR count). The van der Waals surface area contributed by atoms with Gasteiger partial charge in [0.2, 0.25) is 0 Å². The first-order valence-electron chi connectivity index (χ1n) is 7.11. The van der Waals surface area contributed by atoms with E-state index in [9.17, 15) is 28.2 Å². The van der Waals surface area contributed by atoms with Crippen LogP contribution in [0.25, 0.3) is 0 Å². The van der Waals surface area contributed by atoms with Crippen molar-refractivity contribution in [2.75, 3.05) is 13.2 Å². The second-order valence-electron chi connectivity index (χ2n) is 6.33. The zero-order valence-electron chi connectivity index (χ0n) is 12.2. The molecule has 0 aromatic rings. The molecule has 132 valence electrons. The Labute approximate surface area is 136 Å². The highest BCUT2D eigenvalue weighted by Crippen LogP contribution is 2.77. The fourth-order valence-electron chi connectivity index (χ4n) is 4.22. The van der Waals surface area contributed by atoms with Gasteiger partial charge in [0.1, 0.15) is 17.3 Å². The summed E-state index contributed by atoms with van der Waals surface area (Å²) in [7, 11) is -4.15. The maximum absolute atomic E-state index is 12.2. The molecule has 1 aliphatic carbocycles. The summed E-state index contributed by atoms with van der Waals surface area (Å²) >= 11 is 0. The summed E-state index contributed by atoms with van der Waals surface area (Å²) in [5.74, 6) is -1.86. The Morgan fingerprint density at radius 1 is 1.42 bits per heavy atom. The van der Waals surface area contributed by atoms with Gasteiger partial charge in [-0.3, -0.25) is 4.18 Å². The first-order valence-corrected chi connectivity index (χ1v) is 8.58. The van der Waals surface area contributed by atoms with E-state index in [0.717, 1.165) is 6.08 Å². The molecular weight excluding hydrogens is 348 g/mol. The molecule has 0 radical (unpaired) electrons. The molecule has 4 aliphatic rings. The van der Waals surface area contributed by atoms with E-state index in [1.165, 1.54) is 0 Å². The molecule has 1 spiro atoms. The maximum atomic E-state index is 12.2. The summed E-state index contributed by atoms with van der Waals surface area (Å²) in [6.45, 7) is 1.76.